The third-order valence-corrected chi connectivity index (χ3v) is 5.96. The molecule has 3 aromatic rings. The number of carbonyl (C=O) groups excluding carboxylic acids is 1. The minimum Gasteiger partial charge on any atom is -0.495 e. The van der Waals surface area contributed by atoms with Gasteiger partial charge in [-0.25, -0.2) is 0 Å². The summed E-state index contributed by atoms with van der Waals surface area (Å²) in [6.07, 6.45) is 1.68. The van der Waals surface area contributed by atoms with Gasteiger partial charge in [0.25, 0.3) is 5.91 Å². The van der Waals surface area contributed by atoms with Crippen LogP contribution >= 0.6 is 0 Å². The van der Waals surface area contributed by atoms with Gasteiger partial charge in [-0.3, -0.25) is 4.79 Å². The second kappa shape index (κ2) is 11.1. The largest absolute Gasteiger partial charge is 0.495 e. The van der Waals surface area contributed by atoms with Gasteiger partial charge in [-0.1, -0.05) is 72.8 Å². The number of piperazine rings is 1. The maximum absolute atomic E-state index is 13.1. The van der Waals surface area contributed by atoms with Crippen LogP contribution in [0.25, 0.3) is 0 Å². The molecule has 34 heavy (non-hydrogen) atoms. The smallest absolute Gasteiger partial charge is 0.264 e. The Labute approximate surface area is 200 Å². The van der Waals surface area contributed by atoms with Crippen molar-refractivity contribution in [3.05, 3.63) is 108 Å². The quantitative estimate of drug-likeness (QED) is 0.431. The van der Waals surface area contributed by atoms with Gasteiger partial charge in [0.05, 0.1) is 18.8 Å². The first-order chi connectivity index (χ1) is 16.7. The number of para-hydroxylation sites is 2. The van der Waals surface area contributed by atoms with Crippen LogP contribution in [0.3, 0.4) is 0 Å². The molecular weight excluding hydrogens is 424 g/mol. The van der Waals surface area contributed by atoms with Gasteiger partial charge >= 0.3 is 0 Å². The average molecular weight is 453 g/mol. The molecule has 1 aliphatic heterocycles. The van der Waals surface area contributed by atoms with Crippen molar-refractivity contribution < 1.29 is 9.53 Å². The maximum Gasteiger partial charge on any atom is 0.264 e. The Kier molecular flexibility index (Phi) is 7.46. The number of anilines is 1. The fourth-order valence-corrected chi connectivity index (χ4v) is 4.16. The number of nitrogens with zero attached hydrogens (tertiary/aromatic N) is 3. The van der Waals surface area contributed by atoms with Gasteiger partial charge in [0.15, 0.2) is 0 Å². The SMILES string of the molecule is COc1ccccc1N1CCN(/C=C(/C#N)C(=O)NC(c2ccccc2)c2ccccc2)CC1. The number of rotatable bonds is 7. The van der Waals surface area contributed by atoms with Crippen LogP contribution in [0.4, 0.5) is 5.69 Å². The third-order valence-electron chi connectivity index (χ3n) is 5.96. The first kappa shape index (κ1) is 22.9. The Morgan fingerprint density at radius 1 is 0.912 bits per heavy atom. The predicted octanol–water partition coefficient (Wildman–Crippen LogP) is 4.13. The van der Waals surface area contributed by atoms with Gasteiger partial charge in [0.1, 0.15) is 17.4 Å². The Morgan fingerprint density at radius 3 is 2.03 bits per heavy atom. The van der Waals surface area contributed by atoms with Crippen molar-refractivity contribution in [3.63, 3.8) is 0 Å². The number of amides is 1. The highest BCUT2D eigenvalue weighted by Crippen LogP contribution is 2.28. The normalized spacial score (nSPS) is 14.0. The highest BCUT2D eigenvalue weighted by Gasteiger charge is 2.22. The summed E-state index contributed by atoms with van der Waals surface area (Å²) < 4.78 is 5.49. The predicted molar refractivity (Wildman–Crippen MR) is 133 cm³/mol. The fourth-order valence-electron chi connectivity index (χ4n) is 4.16. The van der Waals surface area contributed by atoms with Crippen LogP contribution in [-0.4, -0.2) is 44.1 Å². The Hall–Kier alpha value is -4.24. The van der Waals surface area contributed by atoms with Crippen LogP contribution in [0.5, 0.6) is 5.75 Å². The molecule has 0 radical (unpaired) electrons. The summed E-state index contributed by atoms with van der Waals surface area (Å²) >= 11 is 0. The van der Waals surface area contributed by atoms with Crippen LogP contribution in [-0.2, 0) is 4.79 Å². The van der Waals surface area contributed by atoms with E-state index >= 15 is 0 Å². The van der Waals surface area contributed by atoms with Gasteiger partial charge in [-0.05, 0) is 23.3 Å². The van der Waals surface area contributed by atoms with Crippen molar-refractivity contribution in [2.45, 2.75) is 6.04 Å². The van der Waals surface area contributed by atoms with E-state index in [4.69, 9.17) is 4.74 Å². The second-order valence-electron chi connectivity index (χ2n) is 8.08. The van der Waals surface area contributed by atoms with E-state index in [1.807, 2.05) is 89.8 Å². The zero-order chi connectivity index (χ0) is 23.8. The number of nitriles is 1. The first-order valence-electron chi connectivity index (χ1n) is 11.3. The van der Waals surface area contributed by atoms with E-state index in [2.05, 4.69) is 16.3 Å². The highest BCUT2D eigenvalue weighted by molar-refractivity contribution is 5.97. The molecule has 0 bridgehead atoms. The van der Waals surface area contributed by atoms with E-state index in [0.29, 0.717) is 13.1 Å². The van der Waals surface area contributed by atoms with E-state index in [1.54, 1.807) is 13.3 Å². The molecule has 0 unspecified atom stereocenters. The van der Waals surface area contributed by atoms with Crippen LogP contribution in [0.15, 0.2) is 96.7 Å². The summed E-state index contributed by atoms with van der Waals surface area (Å²) in [6.45, 7) is 2.95. The van der Waals surface area contributed by atoms with E-state index in [9.17, 15) is 10.1 Å². The minimum absolute atomic E-state index is 0.0996. The molecule has 0 saturated carbocycles. The van der Waals surface area contributed by atoms with E-state index in [0.717, 1.165) is 35.7 Å². The molecule has 0 spiro atoms. The van der Waals surface area contributed by atoms with Crippen molar-refractivity contribution in [1.29, 1.82) is 5.26 Å². The lowest BCUT2D eigenvalue weighted by atomic mass is 9.98. The molecule has 1 amide bonds. The molecule has 3 aromatic carbocycles. The number of benzene rings is 3. The van der Waals surface area contributed by atoms with Crippen LogP contribution in [0, 0.1) is 11.3 Å². The zero-order valence-corrected chi connectivity index (χ0v) is 19.2. The van der Waals surface area contributed by atoms with E-state index in [-0.39, 0.29) is 17.5 Å². The molecule has 0 aromatic heterocycles. The summed E-state index contributed by atoms with van der Waals surface area (Å²) in [5.74, 6) is 0.462. The maximum atomic E-state index is 13.1. The molecule has 0 aliphatic carbocycles. The molecule has 1 heterocycles. The number of hydrogen-bond acceptors (Lipinski definition) is 5. The molecule has 4 rings (SSSR count). The zero-order valence-electron chi connectivity index (χ0n) is 19.2. The summed E-state index contributed by atoms with van der Waals surface area (Å²) in [6, 6.07) is 29.3. The average Bonchev–Trinajstić information content (AvgIpc) is 2.91. The van der Waals surface area contributed by atoms with E-state index < -0.39 is 0 Å². The number of ether oxygens (including phenoxy) is 1. The summed E-state index contributed by atoms with van der Waals surface area (Å²) in [4.78, 5) is 17.4. The van der Waals surface area contributed by atoms with Gasteiger partial charge in [0, 0.05) is 32.4 Å². The number of methoxy groups -OCH3 is 1. The van der Waals surface area contributed by atoms with Crippen molar-refractivity contribution in [3.8, 4) is 11.8 Å². The molecule has 172 valence electrons. The lowest BCUT2D eigenvalue weighted by Crippen LogP contribution is -2.44. The van der Waals surface area contributed by atoms with Gasteiger partial charge < -0.3 is 19.9 Å². The Balaban J connectivity index is 1.46. The molecule has 1 aliphatic rings. The minimum atomic E-state index is -0.382. The summed E-state index contributed by atoms with van der Waals surface area (Å²) in [5.41, 5.74) is 3.08. The van der Waals surface area contributed by atoms with Gasteiger partial charge in [-0.15, -0.1) is 0 Å². The lowest BCUT2D eigenvalue weighted by Gasteiger charge is -2.36. The monoisotopic (exact) mass is 452 g/mol. The number of nitrogens with one attached hydrogen (secondary N) is 1. The second-order valence-corrected chi connectivity index (χ2v) is 8.08. The van der Waals surface area contributed by atoms with Crippen LogP contribution in [0.2, 0.25) is 0 Å². The number of hydrogen-bond donors (Lipinski definition) is 1. The molecule has 1 saturated heterocycles. The standard InChI is InChI=1S/C28H28N4O2/c1-34-26-15-9-8-14-25(26)32-18-16-31(17-19-32)21-24(20-29)28(33)30-27(22-10-4-2-5-11-22)23-12-6-3-7-13-23/h2-15,21,27H,16-19H2,1H3,(H,30,33)/b24-21-. The van der Waals surface area contributed by atoms with Gasteiger partial charge in [-0.2, -0.15) is 5.26 Å². The fraction of sp³-hybridized carbons (Fsp3) is 0.214. The van der Waals surface area contributed by atoms with Crippen LogP contribution in [0.1, 0.15) is 17.2 Å². The molecule has 0 atom stereocenters. The highest BCUT2D eigenvalue weighted by atomic mass is 16.5. The van der Waals surface area contributed by atoms with Crippen molar-refractivity contribution in [1.82, 2.24) is 10.2 Å². The van der Waals surface area contributed by atoms with Gasteiger partial charge in [0.2, 0.25) is 0 Å². The van der Waals surface area contributed by atoms with E-state index in [1.165, 1.54) is 0 Å². The summed E-state index contributed by atoms with van der Waals surface area (Å²) in [7, 11) is 1.67. The Bertz CT molecular complexity index is 1120. The van der Waals surface area contributed by atoms with Crippen LogP contribution < -0.4 is 15.0 Å². The van der Waals surface area contributed by atoms with Crippen molar-refractivity contribution >= 4 is 11.6 Å². The first-order valence-corrected chi connectivity index (χ1v) is 11.3. The molecular formula is C28H28N4O2. The molecule has 6 heteroatoms. The Morgan fingerprint density at radius 2 is 1.47 bits per heavy atom. The molecule has 1 fully saturated rings. The third kappa shape index (κ3) is 5.38. The molecule has 1 N–H and O–H groups in total. The topological polar surface area (TPSA) is 68.6 Å². The summed E-state index contributed by atoms with van der Waals surface area (Å²) in [5, 5.41) is 12.8. The van der Waals surface area contributed by atoms with Crippen molar-refractivity contribution in [2.75, 3.05) is 38.2 Å². The van der Waals surface area contributed by atoms with Crippen molar-refractivity contribution in [2.24, 2.45) is 0 Å². The number of carbonyl (C=O) groups is 1. The molecule has 6 nitrogen and oxygen atoms in total. The lowest BCUT2D eigenvalue weighted by molar-refractivity contribution is -0.117.